The van der Waals surface area contributed by atoms with Crippen molar-refractivity contribution < 1.29 is 4.74 Å². The molecule has 0 aliphatic rings. The van der Waals surface area contributed by atoms with Crippen molar-refractivity contribution in [3.63, 3.8) is 0 Å². The standard InChI is InChI=1S/C21H30N6O/c1-4-28-14-18-26-19-20(27(18)24-12-8-11-22)15(2)16(3)25-21(19)23-13-17-9-6-5-7-10-17/h5-7,9-10,24H,4,8,11-14,22H2,1-3H3,(H,23,25). The molecule has 1 aromatic carbocycles. The molecule has 0 fully saturated rings. The average Bonchev–Trinajstić information content (AvgIpc) is 3.08. The third kappa shape index (κ3) is 4.43. The lowest BCUT2D eigenvalue weighted by Gasteiger charge is -2.14. The van der Waals surface area contributed by atoms with Gasteiger partial charge in [-0.25, -0.2) is 14.6 Å². The molecule has 150 valence electrons. The van der Waals surface area contributed by atoms with Gasteiger partial charge >= 0.3 is 0 Å². The molecule has 2 heterocycles. The van der Waals surface area contributed by atoms with E-state index in [4.69, 9.17) is 20.4 Å². The number of aromatic nitrogens is 3. The molecule has 0 spiro atoms. The van der Waals surface area contributed by atoms with E-state index >= 15 is 0 Å². The van der Waals surface area contributed by atoms with Crippen LogP contribution < -0.4 is 16.5 Å². The average molecular weight is 383 g/mol. The number of fused-ring (bicyclic) bond motifs is 1. The lowest BCUT2D eigenvalue weighted by atomic mass is 10.2. The molecule has 3 aromatic rings. The fraction of sp³-hybridized carbons (Fsp3) is 0.429. The highest BCUT2D eigenvalue weighted by atomic mass is 16.5. The molecular weight excluding hydrogens is 352 g/mol. The van der Waals surface area contributed by atoms with Crippen LogP contribution in [0.5, 0.6) is 0 Å². The third-order valence-electron chi connectivity index (χ3n) is 4.74. The van der Waals surface area contributed by atoms with E-state index < -0.39 is 0 Å². The second-order valence-corrected chi connectivity index (χ2v) is 6.76. The minimum absolute atomic E-state index is 0.442. The van der Waals surface area contributed by atoms with E-state index in [1.54, 1.807) is 0 Å². The number of nitrogens with two attached hydrogens (primary N) is 1. The topological polar surface area (TPSA) is 90.0 Å². The van der Waals surface area contributed by atoms with Crippen LogP contribution in [0.4, 0.5) is 5.82 Å². The second kappa shape index (κ2) is 9.52. The number of aryl methyl sites for hydroxylation is 2. The number of hydrogen-bond donors (Lipinski definition) is 3. The Morgan fingerprint density at radius 3 is 2.64 bits per heavy atom. The van der Waals surface area contributed by atoms with Crippen LogP contribution in [0.1, 0.15) is 36.0 Å². The fourth-order valence-electron chi connectivity index (χ4n) is 3.11. The zero-order valence-corrected chi connectivity index (χ0v) is 17.0. The molecule has 0 amide bonds. The summed E-state index contributed by atoms with van der Waals surface area (Å²) in [6.45, 7) is 9.29. The molecule has 3 rings (SSSR count). The van der Waals surface area contributed by atoms with Gasteiger partial charge in [0.15, 0.2) is 11.6 Å². The van der Waals surface area contributed by atoms with Gasteiger partial charge in [0, 0.05) is 25.4 Å². The van der Waals surface area contributed by atoms with Crippen LogP contribution >= 0.6 is 0 Å². The summed E-state index contributed by atoms with van der Waals surface area (Å²) in [5.74, 6) is 1.63. The van der Waals surface area contributed by atoms with Crippen molar-refractivity contribution in [3.05, 3.63) is 53.0 Å². The number of imidazole rings is 1. The minimum Gasteiger partial charge on any atom is -0.374 e. The summed E-state index contributed by atoms with van der Waals surface area (Å²) in [6.07, 6.45) is 0.885. The van der Waals surface area contributed by atoms with Crippen molar-refractivity contribution in [2.24, 2.45) is 5.73 Å². The Labute approximate surface area is 166 Å². The van der Waals surface area contributed by atoms with Crippen molar-refractivity contribution in [2.75, 3.05) is 30.4 Å². The third-order valence-corrected chi connectivity index (χ3v) is 4.74. The maximum Gasteiger partial charge on any atom is 0.154 e. The molecular formula is C21H30N6O. The molecule has 4 N–H and O–H groups in total. The minimum atomic E-state index is 0.442. The summed E-state index contributed by atoms with van der Waals surface area (Å²) in [5, 5.41) is 3.46. The van der Waals surface area contributed by atoms with Crippen LogP contribution in [0.3, 0.4) is 0 Å². The Morgan fingerprint density at radius 1 is 1.14 bits per heavy atom. The van der Waals surface area contributed by atoms with E-state index in [1.165, 1.54) is 5.56 Å². The second-order valence-electron chi connectivity index (χ2n) is 6.76. The van der Waals surface area contributed by atoms with E-state index in [-0.39, 0.29) is 0 Å². The number of anilines is 1. The van der Waals surface area contributed by atoms with Crippen LogP contribution in [0.2, 0.25) is 0 Å². The van der Waals surface area contributed by atoms with Crippen molar-refractivity contribution >= 4 is 16.9 Å². The number of hydrogen-bond acceptors (Lipinski definition) is 6. The molecule has 0 aliphatic carbocycles. The number of benzene rings is 1. The first-order chi connectivity index (χ1) is 13.7. The number of nitrogens with one attached hydrogen (secondary N) is 2. The van der Waals surface area contributed by atoms with Crippen molar-refractivity contribution in [1.29, 1.82) is 0 Å². The van der Waals surface area contributed by atoms with Gasteiger partial charge in [-0.2, -0.15) is 0 Å². The quantitative estimate of drug-likeness (QED) is 0.467. The molecule has 0 atom stereocenters. The summed E-state index contributed by atoms with van der Waals surface area (Å²) < 4.78 is 7.69. The lowest BCUT2D eigenvalue weighted by molar-refractivity contribution is 0.127. The molecule has 2 aromatic heterocycles. The summed E-state index contributed by atoms with van der Waals surface area (Å²) in [6, 6.07) is 10.3. The van der Waals surface area contributed by atoms with Crippen LogP contribution in [0, 0.1) is 13.8 Å². The van der Waals surface area contributed by atoms with Crippen molar-refractivity contribution in [1.82, 2.24) is 14.6 Å². The largest absolute Gasteiger partial charge is 0.374 e. The van der Waals surface area contributed by atoms with E-state index in [1.807, 2.05) is 36.7 Å². The van der Waals surface area contributed by atoms with E-state index in [9.17, 15) is 0 Å². The molecule has 7 heteroatoms. The maximum atomic E-state index is 5.66. The molecule has 28 heavy (non-hydrogen) atoms. The van der Waals surface area contributed by atoms with Gasteiger partial charge in [0.25, 0.3) is 0 Å². The van der Waals surface area contributed by atoms with Crippen molar-refractivity contribution in [3.8, 4) is 0 Å². The highest BCUT2D eigenvalue weighted by Crippen LogP contribution is 2.27. The summed E-state index contributed by atoms with van der Waals surface area (Å²) in [4.78, 5) is 9.63. The first-order valence-electron chi connectivity index (χ1n) is 9.83. The molecule has 0 saturated carbocycles. The van der Waals surface area contributed by atoms with Gasteiger partial charge in [0.1, 0.15) is 12.1 Å². The summed E-state index contributed by atoms with van der Waals surface area (Å²) in [5.41, 5.74) is 14.3. The predicted molar refractivity (Wildman–Crippen MR) is 114 cm³/mol. The smallest absolute Gasteiger partial charge is 0.154 e. The highest BCUT2D eigenvalue weighted by molar-refractivity contribution is 5.90. The number of ether oxygens (including phenoxy) is 1. The molecule has 7 nitrogen and oxygen atoms in total. The SMILES string of the molecule is CCOCc1nc2c(NCc3ccccc3)nc(C)c(C)c2n1NCCCN. The van der Waals surface area contributed by atoms with E-state index in [0.717, 1.165) is 46.9 Å². The van der Waals surface area contributed by atoms with E-state index in [2.05, 4.69) is 29.8 Å². The van der Waals surface area contributed by atoms with Crippen molar-refractivity contribution in [2.45, 2.75) is 40.3 Å². The molecule has 0 bridgehead atoms. The van der Waals surface area contributed by atoms with Crippen LogP contribution in [0.15, 0.2) is 30.3 Å². The van der Waals surface area contributed by atoms with Crippen LogP contribution in [-0.2, 0) is 17.9 Å². The monoisotopic (exact) mass is 382 g/mol. The van der Waals surface area contributed by atoms with Gasteiger partial charge in [-0.15, -0.1) is 0 Å². The summed E-state index contributed by atoms with van der Waals surface area (Å²) in [7, 11) is 0. The Kier molecular flexibility index (Phi) is 6.84. The lowest BCUT2D eigenvalue weighted by Crippen LogP contribution is -2.21. The molecule has 0 unspecified atom stereocenters. The zero-order chi connectivity index (χ0) is 19.9. The van der Waals surface area contributed by atoms with Gasteiger partial charge in [-0.05, 0) is 44.9 Å². The Hall–Kier alpha value is -2.64. The maximum absolute atomic E-state index is 5.66. The number of nitrogens with zero attached hydrogens (tertiary/aromatic N) is 3. The Bertz CT molecular complexity index is 906. The van der Waals surface area contributed by atoms with Gasteiger partial charge < -0.3 is 21.2 Å². The first kappa shape index (κ1) is 20.1. The fourth-order valence-corrected chi connectivity index (χ4v) is 3.11. The van der Waals surface area contributed by atoms with Crippen LogP contribution in [0.25, 0.3) is 11.0 Å². The van der Waals surface area contributed by atoms with Gasteiger partial charge in [0.05, 0.1) is 5.52 Å². The normalized spacial score (nSPS) is 11.1. The molecule has 0 saturated heterocycles. The van der Waals surface area contributed by atoms with Crippen LogP contribution in [-0.4, -0.2) is 34.3 Å². The first-order valence-corrected chi connectivity index (χ1v) is 9.83. The predicted octanol–water partition coefficient (Wildman–Crippen LogP) is 3.09. The Morgan fingerprint density at radius 2 is 1.93 bits per heavy atom. The zero-order valence-electron chi connectivity index (χ0n) is 17.0. The Balaban J connectivity index is 2.00. The number of pyridine rings is 1. The van der Waals surface area contributed by atoms with Gasteiger partial charge in [0.2, 0.25) is 0 Å². The summed E-state index contributed by atoms with van der Waals surface area (Å²) >= 11 is 0. The van der Waals surface area contributed by atoms with Gasteiger partial charge in [-0.1, -0.05) is 30.3 Å². The van der Waals surface area contributed by atoms with Gasteiger partial charge in [-0.3, -0.25) is 0 Å². The number of rotatable bonds is 10. The highest BCUT2D eigenvalue weighted by Gasteiger charge is 2.19. The molecule has 0 radical (unpaired) electrons. The molecule has 0 aliphatic heterocycles. The van der Waals surface area contributed by atoms with E-state index in [0.29, 0.717) is 26.3 Å².